The molecule has 0 aromatic carbocycles. The molecule has 1 aliphatic carbocycles. The molecule has 1 fully saturated rings. The van der Waals surface area contributed by atoms with Crippen LogP contribution in [0.2, 0.25) is 0 Å². The molecule has 1 saturated carbocycles. The normalized spacial score (nSPS) is 32.0. The zero-order valence-electron chi connectivity index (χ0n) is 8.21. The summed E-state index contributed by atoms with van der Waals surface area (Å²) in [5, 5.41) is 18.5. The smallest absolute Gasteiger partial charge is 0.0722 e. The number of aliphatic hydroxyl groups is 1. The summed E-state index contributed by atoms with van der Waals surface area (Å²) in [5.41, 5.74) is 0. The minimum absolute atomic E-state index is 0.113. The summed E-state index contributed by atoms with van der Waals surface area (Å²) >= 11 is 0. The third-order valence-electron chi connectivity index (χ3n) is 2.90. The predicted octanol–water partition coefficient (Wildman–Crippen LogP) is 2.62. The van der Waals surface area contributed by atoms with Crippen LogP contribution in [0, 0.1) is 17.2 Å². The van der Waals surface area contributed by atoms with Gasteiger partial charge in [-0.3, -0.25) is 0 Å². The highest BCUT2D eigenvalue weighted by Gasteiger charge is 2.18. The molecule has 13 heavy (non-hydrogen) atoms. The fraction of sp³-hybridized carbons (Fsp3) is 0.909. The Labute approximate surface area is 80.6 Å². The molecule has 0 spiro atoms. The fourth-order valence-electron chi connectivity index (χ4n) is 1.97. The fourth-order valence-corrected chi connectivity index (χ4v) is 1.97. The zero-order valence-corrected chi connectivity index (χ0v) is 8.21. The van der Waals surface area contributed by atoms with E-state index < -0.39 is 0 Å². The summed E-state index contributed by atoms with van der Waals surface area (Å²) < 4.78 is 0. The van der Waals surface area contributed by atoms with E-state index in [2.05, 4.69) is 6.07 Å². The van der Waals surface area contributed by atoms with Gasteiger partial charge in [0, 0.05) is 0 Å². The molecule has 0 heterocycles. The zero-order chi connectivity index (χ0) is 9.52. The van der Waals surface area contributed by atoms with Gasteiger partial charge in [-0.15, -0.1) is 0 Å². The lowest BCUT2D eigenvalue weighted by atomic mass is 9.91. The van der Waals surface area contributed by atoms with Gasteiger partial charge >= 0.3 is 0 Å². The summed E-state index contributed by atoms with van der Waals surface area (Å²) in [6, 6.07) is 2.22. The second-order valence-electron chi connectivity index (χ2n) is 4.00. The Morgan fingerprint density at radius 2 is 1.46 bits per heavy atom. The molecule has 1 N–H and O–H groups in total. The molecule has 2 heteroatoms. The van der Waals surface area contributed by atoms with Crippen molar-refractivity contribution in [2.45, 2.75) is 57.5 Å². The van der Waals surface area contributed by atoms with Crippen LogP contribution in [0.15, 0.2) is 0 Å². The van der Waals surface area contributed by atoms with Gasteiger partial charge in [-0.25, -0.2) is 0 Å². The highest BCUT2D eigenvalue weighted by Crippen LogP contribution is 2.21. The van der Waals surface area contributed by atoms with Gasteiger partial charge in [-0.05, 0) is 12.8 Å². The maximum Gasteiger partial charge on any atom is 0.0722 e. The topological polar surface area (TPSA) is 44.0 Å². The van der Waals surface area contributed by atoms with Crippen molar-refractivity contribution >= 4 is 0 Å². The lowest BCUT2D eigenvalue weighted by Gasteiger charge is -2.17. The predicted molar refractivity (Wildman–Crippen MR) is 52.0 cm³/mol. The van der Waals surface area contributed by atoms with Crippen LogP contribution in [0.5, 0.6) is 0 Å². The summed E-state index contributed by atoms with van der Waals surface area (Å²) in [6.45, 7) is 0. The molecule has 2 atom stereocenters. The Morgan fingerprint density at radius 1 is 0.923 bits per heavy atom. The number of aliphatic hydroxyl groups excluding tert-OH is 1. The third kappa shape index (κ3) is 3.78. The Morgan fingerprint density at radius 3 is 2.08 bits per heavy atom. The van der Waals surface area contributed by atoms with Gasteiger partial charge in [0.05, 0.1) is 18.1 Å². The molecule has 1 rings (SSSR count). The van der Waals surface area contributed by atoms with E-state index in [1.165, 1.54) is 25.7 Å². The number of rotatable bonds is 0. The Hall–Kier alpha value is -0.550. The molecule has 74 valence electrons. The van der Waals surface area contributed by atoms with Crippen LogP contribution >= 0.6 is 0 Å². The van der Waals surface area contributed by atoms with Gasteiger partial charge in [0.1, 0.15) is 0 Å². The van der Waals surface area contributed by atoms with Crippen LogP contribution in [-0.4, -0.2) is 11.2 Å². The average molecular weight is 181 g/mol. The van der Waals surface area contributed by atoms with Gasteiger partial charge in [0.2, 0.25) is 0 Å². The van der Waals surface area contributed by atoms with Crippen molar-refractivity contribution in [1.82, 2.24) is 0 Å². The molecule has 2 nitrogen and oxygen atoms in total. The first-order chi connectivity index (χ1) is 6.34. The van der Waals surface area contributed by atoms with Gasteiger partial charge in [0.25, 0.3) is 0 Å². The molecule has 0 aliphatic heterocycles. The van der Waals surface area contributed by atoms with E-state index in [4.69, 9.17) is 5.26 Å². The molecular formula is C11H19NO. The SMILES string of the molecule is N#C[C@@H]1CCCCCCCC[C@H]1O. The first-order valence-electron chi connectivity index (χ1n) is 5.42. The van der Waals surface area contributed by atoms with E-state index >= 15 is 0 Å². The Bertz CT molecular complexity index is 173. The van der Waals surface area contributed by atoms with Crippen molar-refractivity contribution in [2.24, 2.45) is 5.92 Å². The van der Waals surface area contributed by atoms with Crippen LogP contribution in [-0.2, 0) is 0 Å². The maximum atomic E-state index is 9.67. The van der Waals surface area contributed by atoms with Crippen molar-refractivity contribution in [3.05, 3.63) is 0 Å². The minimum atomic E-state index is -0.372. The van der Waals surface area contributed by atoms with Crippen molar-refractivity contribution in [3.8, 4) is 6.07 Å². The summed E-state index contributed by atoms with van der Waals surface area (Å²) in [5.74, 6) is -0.113. The first kappa shape index (κ1) is 10.5. The molecule has 0 saturated heterocycles. The third-order valence-corrected chi connectivity index (χ3v) is 2.90. The Kier molecular flexibility index (Phi) is 4.85. The van der Waals surface area contributed by atoms with Crippen molar-refractivity contribution in [2.75, 3.05) is 0 Å². The highest BCUT2D eigenvalue weighted by molar-refractivity contribution is 4.88. The van der Waals surface area contributed by atoms with Crippen LogP contribution in [0.25, 0.3) is 0 Å². The number of hydrogen-bond donors (Lipinski definition) is 1. The van der Waals surface area contributed by atoms with Crippen LogP contribution < -0.4 is 0 Å². The van der Waals surface area contributed by atoms with E-state index in [1.807, 2.05) is 0 Å². The van der Waals surface area contributed by atoms with Crippen LogP contribution in [0.1, 0.15) is 51.4 Å². The van der Waals surface area contributed by atoms with Crippen LogP contribution in [0.4, 0.5) is 0 Å². The van der Waals surface area contributed by atoms with E-state index in [1.54, 1.807) is 0 Å². The summed E-state index contributed by atoms with van der Waals surface area (Å²) in [6.07, 6.45) is 8.56. The largest absolute Gasteiger partial charge is 0.392 e. The average Bonchev–Trinajstić information content (AvgIpc) is 2.16. The van der Waals surface area contributed by atoms with E-state index in [9.17, 15) is 5.11 Å². The molecule has 0 amide bonds. The number of hydrogen-bond acceptors (Lipinski definition) is 2. The molecular weight excluding hydrogens is 162 g/mol. The molecule has 0 bridgehead atoms. The summed E-state index contributed by atoms with van der Waals surface area (Å²) in [7, 11) is 0. The minimum Gasteiger partial charge on any atom is -0.392 e. The quantitative estimate of drug-likeness (QED) is 0.624. The van der Waals surface area contributed by atoms with E-state index in [0.717, 1.165) is 25.7 Å². The lowest BCUT2D eigenvalue weighted by Crippen LogP contribution is -2.19. The maximum absolute atomic E-state index is 9.67. The van der Waals surface area contributed by atoms with Crippen molar-refractivity contribution in [1.29, 1.82) is 5.26 Å². The van der Waals surface area contributed by atoms with Crippen molar-refractivity contribution in [3.63, 3.8) is 0 Å². The second kappa shape index (κ2) is 5.99. The van der Waals surface area contributed by atoms with E-state index in [0.29, 0.717) is 0 Å². The second-order valence-corrected chi connectivity index (χ2v) is 4.00. The van der Waals surface area contributed by atoms with E-state index in [-0.39, 0.29) is 12.0 Å². The summed E-state index contributed by atoms with van der Waals surface area (Å²) in [4.78, 5) is 0. The lowest BCUT2D eigenvalue weighted by molar-refractivity contribution is 0.113. The molecule has 0 radical (unpaired) electrons. The van der Waals surface area contributed by atoms with Crippen molar-refractivity contribution < 1.29 is 5.11 Å². The number of nitrogens with zero attached hydrogens (tertiary/aromatic N) is 1. The van der Waals surface area contributed by atoms with Crippen LogP contribution in [0.3, 0.4) is 0 Å². The molecule has 0 aromatic rings. The standard InChI is InChI=1S/C11H19NO/c12-9-10-7-5-3-1-2-4-6-8-11(10)13/h10-11,13H,1-8H2/t10-,11+/m0/s1. The first-order valence-corrected chi connectivity index (χ1v) is 5.42. The highest BCUT2D eigenvalue weighted by atomic mass is 16.3. The molecule has 1 aliphatic rings. The Balaban J connectivity index is 2.38. The molecule has 0 unspecified atom stereocenters. The van der Waals surface area contributed by atoms with Gasteiger partial charge in [-0.2, -0.15) is 5.26 Å². The number of nitriles is 1. The van der Waals surface area contributed by atoms with Gasteiger partial charge < -0.3 is 5.11 Å². The van der Waals surface area contributed by atoms with Gasteiger partial charge in [0.15, 0.2) is 0 Å². The monoisotopic (exact) mass is 181 g/mol. The molecule has 0 aromatic heterocycles. The van der Waals surface area contributed by atoms with Gasteiger partial charge in [-0.1, -0.05) is 38.5 Å².